The van der Waals surface area contributed by atoms with Crippen LogP contribution in [0.15, 0.2) is 30.4 Å². The second-order valence-electron chi connectivity index (χ2n) is 3.97. The minimum Gasteiger partial charge on any atom is -0.327 e. The summed E-state index contributed by atoms with van der Waals surface area (Å²) in [6.45, 7) is 5.82. The van der Waals surface area contributed by atoms with Crippen molar-refractivity contribution < 1.29 is 8.78 Å². The molecule has 1 atom stereocenters. The average molecular weight is 225 g/mol. The fraction of sp³-hybridized carbons (Fsp3) is 0.385. The number of rotatable bonds is 5. The van der Waals surface area contributed by atoms with Gasteiger partial charge in [0.2, 0.25) is 0 Å². The lowest BCUT2D eigenvalue weighted by Gasteiger charge is -2.13. The first-order valence-electron chi connectivity index (χ1n) is 5.39. The fourth-order valence-corrected chi connectivity index (χ4v) is 1.58. The Labute approximate surface area is 95.0 Å². The molecular weight excluding hydrogens is 208 g/mol. The van der Waals surface area contributed by atoms with Crippen LogP contribution in [-0.2, 0) is 6.42 Å². The molecule has 1 unspecified atom stereocenters. The van der Waals surface area contributed by atoms with Gasteiger partial charge in [-0.3, -0.25) is 0 Å². The minimum atomic E-state index is -0.530. The standard InChI is InChI=1S/C13H17F2N/c1-3-9(2)7-10(16)8-11-12(14)5-4-6-13(11)15/h4-6,10H,2-3,7-8,16H2,1H3. The highest BCUT2D eigenvalue weighted by Crippen LogP contribution is 2.16. The maximum absolute atomic E-state index is 13.3. The Morgan fingerprint density at radius 3 is 2.44 bits per heavy atom. The molecule has 0 spiro atoms. The van der Waals surface area contributed by atoms with E-state index in [0.29, 0.717) is 6.42 Å². The van der Waals surface area contributed by atoms with E-state index in [0.717, 1.165) is 12.0 Å². The van der Waals surface area contributed by atoms with Crippen molar-refractivity contribution in [3.05, 3.63) is 47.5 Å². The molecule has 1 nitrogen and oxygen atoms in total. The maximum Gasteiger partial charge on any atom is 0.129 e. The summed E-state index contributed by atoms with van der Waals surface area (Å²) in [4.78, 5) is 0. The molecule has 0 aliphatic heterocycles. The van der Waals surface area contributed by atoms with Crippen molar-refractivity contribution in [3.8, 4) is 0 Å². The first kappa shape index (κ1) is 12.8. The normalized spacial score (nSPS) is 12.5. The van der Waals surface area contributed by atoms with Gasteiger partial charge in [0.25, 0.3) is 0 Å². The summed E-state index contributed by atoms with van der Waals surface area (Å²) < 4.78 is 26.6. The molecule has 0 saturated carbocycles. The molecule has 16 heavy (non-hydrogen) atoms. The third-order valence-electron chi connectivity index (χ3n) is 2.58. The summed E-state index contributed by atoms with van der Waals surface area (Å²) in [6.07, 6.45) is 1.65. The van der Waals surface area contributed by atoms with Gasteiger partial charge in [-0.25, -0.2) is 8.78 Å². The van der Waals surface area contributed by atoms with Gasteiger partial charge in [-0.05, 0) is 31.4 Å². The Kier molecular flexibility index (Phi) is 4.62. The molecule has 3 heteroatoms. The quantitative estimate of drug-likeness (QED) is 0.765. The molecule has 1 aromatic rings. The SMILES string of the molecule is C=C(CC)CC(N)Cc1c(F)cccc1F. The van der Waals surface area contributed by atoms with Crippen LogP contribution in [0.2, 0.25) is 0 Å². The highest BCUT2D eigenvalue weighted by Gasteiger charge is 2.13. The molecule has 0 radical (unpaired) electrons. The number of hydrogen-bond donors (Lipinski definition) is 1. The van der Waals surface area contributed by atoms with Crippen LogP contribution in [0.25, 0.3) is 0 Å². The molecule has 88 valence electrons. The van der Waals surface area contributed by atoms with Crippen molar-refractivity contribution >= 4 is 0 Å². The Hall–Kier alpha value is -1.22. The zero-order chi connectivity index (χ0) is 12.1. The van der Waals surface area contributed by atoms with E-state index in [1.807, 2.05) is 6.92 Å². The molecule has 0 aliphatic rings. The van der Waals surface area contributed by atoms with Gasteiger partial charge in [0.1, 0.15) is 11.6 Å². The first-order valence-corrected chi connectivity index (χ1v) is 5.39. The predicted octanol–water partition coefficient (Wildman–Crippen LogP) is 3.19. The molecule has 0 saturated heterocycles. The monoisotopic (exact) mass is 225 g/mol. The molecule has 1 rings (SSSR count). The molecule has 0 heterocycles. The van der Waals surface area contributed by atoms with Crippen molar-refractivity contribution in [3.63, 3.8) is 0 Å². The molecule has 0 bridgehead atoms. The summed E-state index contributed by atoms with van der Waals surface area (Å²) in [5.74, 6) is -1.06. The van der Waals surface area contributed by atoms with Crippen LogP contribution in [-0.4, -0.2) is 6.04 Å². The van der Waals surface area contributed by atoms with E-state index in [4.69, 9.17) is 5.73 Å². The summed E-state index contributed by atoms with van der Waals surface area (Å²) in [7, 11) is 0. The third-order valence-corrected chi connectivity index (χ3v) is 2.58. The lowest BCUT2D eigenvalue weighted by molar-refractivity contribution is 0.532. The van der Waals surface area contributed by atoms with Crippen molar-refractivity contribution in [2.24, 2.45) is 5.73 Å². The van der Waals surface area contributed by atoms with Crippen LogP contribution in [0.3, 0.4) is 0 Å². The number of nitrogens with two attached hydrogens (primary N) is 1. The van der Waals surface area contributed by atoms with Gasteiger partial charge in [-0.1, -0.05) is 25.1 Å². The highest BCUT2D eigenvalue weighted by molar-refractivity contribution is 5.21. The Bertz CT molecular complexity index is 354. The van der Waals surface area contributed by atoms with Crippen LogP contribution in [0.1, 0.15) is 25.3 Å². The third kappa shape index (κ3) is 3.42. The van der Waals surface area contributed by atoms with Crippen LogP contribution >= 0.6 is 0 Å². The van der Waals surface area contributed by atoms with Crippen molar-refractivity contribution in [1.29, 1.82) is 0 Å². The van der Waals surface area contributed by atoms with E-state index in [1.54, 1.807) is 0 Å². The van der Waals surface area contributed by atoms with Gasteiger partial charge in [-0.2, -0.15) is 0 Å². The molecular formula is C13H17F2N. The van der Waals surface area contributed by atoms with Gasteiger partial charge in [0.05, 0.1) is 0 Å². The molecule has 1 aromatic carbocycles. The van der Waals surface area contributed by atoms with E-state index in [-0.39, 0.29) is 18.0 Å². The van der Waals surface area contributed by atoms with E-state index in [9.17, 15) is 8.78 Å². The Morgan fingerprint density at radius 2 is 1.94 bits per heavy atom. The van der Waals surface area contributed by atoms with Gasteiger partial charge in [0, 0.05) is 11.6 Å². The van der Waals surface area contributed by atoms with Crippen LogP contribution in [0.5, 0.6) is 0 Å². The molecule has 0 fully saturated rings. The lowest BCUT2D eigenvalue weighted by Crippen LogP contribution is -2.24. The van der Waals surface area contributed by atoms with Crippen molar-refractivity contribution in [2.75, 3.05) is 0 Å². The van der Waals surface area contributed by atoms with E-state index >= 15 is 0 Å². The highest BCUT2D eigenvalue weighted by atomic mass is 19.1. The van der Waals surface area contributed by atoms with Crippen LogP contribution in [0, 0.1) is 11.6 Å². The van der Waals surface area contributed by atoms with Crippen LogP contribution in [0.4, 0.5) is 8.78 Å². The molecule has 0 amide bonds. The lowest BCUT2D eigenvalue weighted by atomic mass is 9.99. The smallest absolute Gasteiger partial charge is 0.129 e. The molecule has 2 N–H and O–H groups in total. The van der Waals surface area contributed by atoms with E-state index in [1.165, 1.54) is 18.2 Å². The first-order chi connectivity index (χ1) is 7.54. The van der Waals surface area contributed by atoms with E-state index in [2.05, 4.69) is 6.58 Å². The second kappa shape index (κ2) is 5.75. The Morgan fingerprint density at radius 1 is 1.38 bits per heavy atom. The average Bonchev–Trinajstić information content (AvgIpc) is 2.23. The van der Waals surface area contributed by atoms with Gasteiger partial charge < -0.3 is 5.73 Å². The number of hydrogen-bond acceptors (Lipinski definition) is 1. The van der Waals surface area contributed by atoms with E-state index < -0.39 is 11.6 Å². The zero-order valence-corrected chi connectivity index (χ0v) is 9.47. The Balaban J connectivity index is 2.69. The zero-order valence-electron chi connectivity index (χ0n) is 9.47. The summed E-state index contributed by atoms with van der Waals surface area (Å²) >= 11 is 0. The fourth-order valence-electron chi connectivity index (χ4n) is 1.58. The predicted molar refractivity (Wildman–Crippen MR) is 62.1 cm³/mol. The number of halogens is 2. The second-order valence-corrected chi connectivity index (χ2v) is 3.97. The van der Waals surface area contributed by atoms with Gasteiger partial charge >= 0.3 is 0 Å². The van der Waals surface area contributed by atoms with Crippen molar-refractivity contribution in [1.82, 2.24) is 0 Å². The summed E-state index contributed by atoms with van der Waals surface area (Å²) in [6, 6.07) is 3.57. The summed E-state index contributed by atoms with van der Waals surface area (Å²) in [5, 5.41) is 0. The van der Waals surface area contributed by atoms with Gasteiger partial charge in [-0.15, -0.1) is 0 Å². The maximum atomic E-state index is 13.3. The van der Waals surface area contributed by atoms with Gasteiger partial charge in [0.15, 0.2) is 0 Å². The van der Waals surface area contributed by atoms with Crippen molar-refractivity contribution in [2.45, 2.75) is 32.2 Å². The minimum absolute atomic E-state index is 0.0684. The topological polar surface area (TPSA) is 26.0 Å². The molecule has 0 aromatic heterocycles. The molecule has 0 aliphatic carbocycles. The largest absolute Gasteiger partial charge is 0.327 e. The van der Waals surface area contributed by atoms with Crippen LogP contribution < -0.4 is 5.73 Å². The summed E-state index contributed by atoms with van der Waals surface area (Å²) in [5.41, 5.74) is 6.90. The number of benzene rings is 1.